The molecule has 100 valence electrons. The van der Waals surface area contributed by atoms with E-state index in [1.807, 2.05) is 6.07 Å². The second-order valence-electron chi connectivity index (χ2n) is 3.73. The third-order valence-corrected chi connectivity index (χ3v) is 3.23. The summed E-state index contributed by atoms with van der Waals surface area (Å²) in [7, 11) is 0. The maximum Gasteiger partial charge on any atom is 0.258 e. The molecule has 1 aromatic heterocycles. The summed E-state index contributed by atoms with van der Waals surface area (Å²) in [6, 6.07) is 9.41. The van der Waals surface area contributed by atoms with Crippen molar-refractivity contribution in [3.05, 3.63) is 56.8 Å². The van der Waals surface area contributed by atoms with Crippen molar-refractivity contribution in [2.24, 2.45) is 0 Å². The van der Waals surface area contributed by atoms with Gasteiger partial charge in [0.05, 0.1) is 27.9 Å². The van der Waals surface area contributed by atoms with E-state index >= 15 is 0 Å². The molecule has 0 saturated heterocycles. The van der Waals surface area contributed by atoms with Crippen molar-refractivity contribution in [1.82, 2.24) is 4.98 Å². The van der Waals surface area contributed by atoms with E-state index in [0.717, 1.165) is 0 Å². The van der Waals surface area contributed by atoms with E-state index in [2.05, 4.69) is 10.3 Å². The Morgan fingerprint density at radius 1 is 1.20 bits per heavy atom. The maximum absolute atomic E-state index is 12.1. The first-order chi connectivity index (χ1) is 9.51. The molecule has 0 fully saturated rings. The van der Waals surface area contributed by atoms with Gasteiger partial charge in [-0.15, -0.1) is 0 Å². The van der Waals surface area contributed by atoms with Crippen molar-refractivity contribution in [3.63, 3.8) is 0 Å². The van der Waals surface area contributed by atoms with Gasteiger partial charge in [0.15, 0.2) is 0 Å². The van der Waals surface area contributed by atoms with Crippen LogP contribution in [0, 0.1) is 11.3 Å². The van der Waals surface area contributed by atoms with Crippen LogP contribution in [0.3, 0.4) is 0 Å². The topological polar surface area (TPSA) is 65.8 Å². The van der Waals surface area contributed by atoms with Gasteiger partial charge in [-0.1, -0.05) is 34.8 Å². The van der Waals surface area contributed by atoms with E-state index in [1.54, 1.807) is 6.07 Å². The first-order valence-corrected chi connectivity index (χ1v) is 6.47. The summed E-state index contributed by atoms with van der Waals surface area (Å²) in [6.45, 7) is 0. The SMILES string of the molecule is N#Cc1ccc(Cl)c(NC(=O)c2ccc(Cl)nc2Cl)c1. The normalized spacial score (nSPS) is 9.90. The van der Waals surface area contributed by atoms with Crippen LogP contribution in [-0.2, 0) is 0 Å². The Morgan fingerprint density at radius 2 is 1.95 bits per heavy atom. The molecule has 7 heteroatoms. The number of hydrogen-bond donors (Lipinski definition) is 1. The number of nitrogens with zero attached hydrogens (tertiary/aromatic N) is 2. The highest BCUT2D eigenvalue weighted by atomic mass is 35.5. The lowest BCUT2D eigenvalue weighted by atomic mass is 10.2. The minimum Gasteiger partial charge on any atom is -0.320 e. The molecule has 0 spiro atoms. The number of pyridine rings is 1. The number of anilines is 1. The Balaban J connectivity index is 2.30. The van der Waals surface area contributed by atoms with Crippen molar-refractivity contribution >= 4 is 46.4 Å². The minimum absolute atomic E-state index is 0.0115. The van der Waals surface area contributed by atoms with Crippen LogP contribution in [0.2, 0.25) is 15.3 Å². The Kier molecular flexibility index (Phi) is 4.46. The van der Waals surface area contributed by atoms with Crippen molar-refractivity contribution in [2.75, 3.05) is 5.32 Å². The van der Waals surface area contributed by atoms with Crippen LogP contribution in [0.4, 0.5) is 5.69 Å². The molecule has 1 heterocycles. The van der Waals surface area contributed by atoms with Crippen LogP contribution in [0.5, 0.6) is 0 Å². The lowest BCUT2D eigenvalue weighted by molar-refractivity contribution is 0.102. The zero-order chi connectivity index (χ0) is 14.7. The van der Waals surface area contributed by atoms with Crippen LogP contribution in [-0.4, -0.2) is 10.9 Å². The number of benzene rings is 1. The van der Waals surface area contributed by atoms with E-state index in [4.69, 9.17) is 40.1 Å². The lowest BCUT2D eigenvalue weighted by Crippen LogP contribution is -2.13. The Morgan fingerprint density at radius 3 is 2.60 bits per heavy atom. The largest absolute Gasteiger partial charge is 0.320 e. The monoisotopic (exact) mass is 325 g/mol. The van der Waals surface area contributed by atoms with Gasteiger partial charge < -0.3 is 5.32 Å². The number of hydrogen-bond acceptors (Lipinski definition) is 3. The Bertz CT molecular complexity index is 725. The molecule has 1 N–H and O–H groups in total. The van der Waals surface area contributed by atoms with Crippen LogP contribution >= 0.6 is 34.8 Å². The number of nitrogens with one attached hydrogen (secondary N) is 1. The van der Waals surface area contributed by atoms with Crippen LogP contribution < -0.4 is 5.32 Å². The highest BCUT2D eigenvalue weighted by Gasteiger charge is 2.14. The van der Waals surface area contributed by atoms with Gasteiger partial charge in [0.1, 0.15) is 10.3 Å². The molecule has 2 aromatic rings. The Labute approximate surface area is 129 Å². The molecule has 1 amide bonds. The Hall–Kier alpha value is -1.80. The summed E-state index contributed by atoms with van der Waals surface area (Å²) in [5.41, 5.74) is 0.862. The average Bonchev–Trinajstić information content (AvgIpc) is 2.41. The number of aromatic nitrogens is 1. The third kappa shape index (κ3) is 3.20. The molecule has 0 aliphatic carbocycles. The van der Waals surface area contributed by atoms with Gasteiger partial charge in [-0.05, 0) is 30.3 Å². The van der Waals surface area contributed by atoms with Gasteiger partial charge in [-0.2, -0.15) is 5.26 Å². The van der Waals surface area contributed by atoms with Crippen molar-refractivity contribution in [2.45, 2.75) is 0 Å². The number of carbonyl (C=O) groups excluding carboxylic acids is 1. The van der Waals surface area contributed by atoms with E-state index in [0.29, 0.717) is 16.3 Å². The molecule has 2 rings (SSSR count). The molecule has 4 nitrogen and oxygen atoms in total. The lowest BCUT2D eigenvalue weighted by Gasteiger charge is -2.08. The molecule has 0 atom stereocenters. The van der Waals surface area contributed by atoms with Crippen molar-refractivity contribution in [3.8, 4) is 6.07 Å². The molecule has 0 bridgehead atoms. The zero-order valence-corrected chi connectivity index (χ0v) is 12.1. The van der Waals surface area contributed by atoms with E-state index in [-0.39, 0.29) is 15.9 Å². The minimum atomic E-state index is -0.490. The van der Waals surface area contributed by atoms with Crippen molar-refractivity contribution in [1.29, 1.82) is 5.26 Å². The van der Waals surface area contributed by atoms with E-state index in [1.165, 1.54) is 24.3 Å². The van der Waals surface area contributed by atoms with Gasteiger partial charge in [-0.25, -0.2) is 4.98 Å². The van der Waals surface area contributed by atoms with Gasteiger partial charge in [0.2, 0.25) is 0 Å². The third-order valence-electron chi connectivity index (χ3n) is 2.40. The summed E-state index contributed by atoms with van der Waals surface area (Å²) >= 11 is 17.5. The number of amides is 1. The van der Waals surface area contributed by atoms with Crippen LogP contribution in [0.1, 0.15) is 15.9 Å². The van der Waals surface area contributed by atoms with Crippen LogP contribution in [0.25, 0.3) is 0 Å². The summed E-state index contributed by atoms with van der Waals surface area (Å²) in [4.78, 5) is 15.9. The second-order valence-corrected chi connectivity index (χ2v) is 4.89. The molecule has 0 aliphatic heterocycles. The molecular weight excluding hydrogens is 321 g/mol. The summed E-state index contributed by atoms with van der Waals surface area (Å²) in [5.74, 6) is -0.490. The molecule has 0 aliphatic rings. The standard InChI is InChI=1S/C13H6Cl3N3O/c14-9-3-1-7(6-17)5-10(9)18-13(20)8-2-4-11(15)19-12(8)16/h1-5H,(H,18,20). The number of carbonyl (C=O) groups is 1. The first kappa shape index (κ1) is 14.6. The molecule has 20 heavy (non-hydrogen) atoms. The predicted molar refractivity (Wildman–Crippen MR) is 78.4 cm³/mol. The van der Waals surface area contributed by atoms with Gasteiger partial charge >= 0.3 is 0 Å². The molecule has 0 saturated carbocycles. The number of halogens is 3. The second kappa shape index (κ2) is 6.10. The smallest absolute Gasteiger partial charge is 0.258 e. The fraction of sp³-hybridized carbons (Fsp3) is 0. The average molecular weight is 327 g/mol. The zero-order valence-electron chi connectivity index (χ0n) is 9.82. The highest BCUT2D eigenvalue weighted by molar-refractivity contribution is 6.36. The summed E-state index contributed by atoms with van der Waals surface area (Å²) in [6.07, 6.45) is 0. The number of rotatable bonds is 2. The van der Waals surface area contributed by atoms with E-state index < -0.39 is 5.91 Å². The highest BCUT2D eigenvalue weighted by Crippen LogP contribution is 2.24. The van der Waals surface area contributed by atoms with Crippen molar-refractivity contribution < 1.29 is 4.79 Å². The fourth-order valence-electron chi connectivity index (χ4n) is 1.46. The summed E-state index contributed by atoms with van der Waals surface area (Å²) < 4.78 is 0. The molecule has 0 radical (unpaired) electrons. The predicted octanol–water partition coefficient (Wildman–Crippen LogP) is 4.17. The summed E-state index contributed by atoms with van der Waals surface area (Å²) in [5, 5.41) is 11.9. The first-order valence-electron chi connectivity index (χ1n) is 5.34. The molecular formula is C13H6Cl3N3O. The van der Waals surface area contributed by atoms with Crippen LogP contribution in [0.15, 0.2) is 30.3 Å². The van der Waals surface area contributed by atoms with Gasteiger partial charge in [0, 0.05) is 0 Å². The van der Waals surface area contributed by atoms with Gasteiger partial charge in [-0.3, -0.25) is 4.79 Å². The molecule has 1 aromatic carbocycles. The number of nitriles is 1. The maximum atomic E-state index is 12.1. The van der Waals surface area contributed by atoms with E-state index in [9.17, 15) is 4.79 Å². The molecule has 0 unspecified atom stereocenters. The quantitative estimate of drug-likeness (QED) is 0.842. The van der Waals surface area contributed by atoms with Gasteiger partial charge in [0.25, 0.3) is 5.91 Å². The fourth-order valence-corrected chi connectivity index (χ4v) is 2.06.